The first-order chi connectivity index (χ1) is 14.8. The van der Waals surface area contributed by atoms with Gasteiger partial charge in [0.2, 0.25) is 0 Å². The van der Waals surface area contributed by atoms with E-state index in [1.807, 2.05) is 72.8 Å². The van der Waals surface area contributed by atoms with Crippen molar-refractivity contribution in [1.29, 1.82) is 0 Å². The van der Waals surface area contributed by atoms with E-state index in [-0.39, 0.29) is 5.91 Å². The summed E-state index contributed by atoms with van der Waals surface area (Å²) in [6, 6.07) is 25.5. The van der Waals surface area contributed by atoms with Gasteiger partial charge in [-0.05, 0) is 18.2 Å². The number of carbonyl (C=O) groups is 1. The number of benzene rings is 2. The smallest absolute Gasteiger partial charge is 0.257 e. The number of furan rings is 1. The van der Waals surface area contributed by atoms with Crippen molar-refractivity contribution in [1.82, 2.24) is 19.9 Å². The molecule has 0 unspecified atom stereocenters. The zero-order chi connectivity index (χ0) is 20.3. The lowest BCUT2D eigenvalue weighted by Crippen LogP contribution is -2.22. The highest BCUT2D eigenvalue weighted by Gasteiger charge is 2.18. The number of fused-ring (bicyclic) bond motifs is 1. The molecule has 0 spiro atoms. The summed E-state index contributed by atoms with van der Waals surface area (Å²) in [7, 11) is 0. The van der Waals surface area contributed by atoms with Gasteiger partial charge in [-0.25, -0.2) is 9.50 Å². The van der Waals surface area contributed by atoms with E-state index in [0.29, 0.717) is 23.5 Å². The van der Waals surface area contributed by atoms with Gasteiger partial charge in [0, 0.05) is 11.1 Å². The summed E-state index contributed by atoms with van der Waals surface area (Å²) >= 11 is 0. The Morgan fingerprint density at radius 2 is 1.67 bits per heavy atom. The van der Waals surface area contributed by atoms with Crippen LogP contribution in [0.15, 0.2) is 95.7 Å². The number of rotatable bonds is 5. The van der Waals surface area contributed by atoms with Crippen LogP contribution in [0.5, 0.6) is 0 Å². The Bertz CT molecular complexity index is 1290. The summed E-state index contributed by atoms with van der Waals surface area (Å²) in [5.41, 5.74) is 4.53. The molecule has 2 aromatic carbocycles. The van der Waals surface area contributed by atoms with Crippen LogP contribution in [-0.2, 0) is 6.54 Å². The molecule has 0 fully saturated rings. The van der Waals surface area contributed by atoms with E-state index in [1.165, 1.54) is 0 Å². The van der Waals surface area contributed by atoms with Crippen molar-refractivity contribution in [2.45, 2.75) is 6.54 Å². The third-order valence-corrected chi connectivity index (χ3v) is 4.86. The van der Waals surface area contributed by atoms with Crippen LogP contribution < -0.4 is 5.32 Å². The van der Waals surface area contributed by atoms with E-state index >= 15 is 0 Å². The zero-order valence-corrected chi connectivity index (χ0v) is 16.0. The number of aromatic nitrogens is 3. The maximum atomic E-state index is 12.9. The summed E-state index contributed by atoms with van der Waals surface area (Å²) in [6.07, 6.45) is 3.14. The molecule has 146 valence electrons. The normalized spacial score (nSPS) is 10.9. The molecular weight excluding hydrogens is 376 g/mol. The Morgan fingerprint density at radius 1 is 0.933 bits per heavy atom. The Labute approximate surface area is 172 Å². The second kappa shape index (κ2) is 7.67. The Hall–Kier alpha value is -4.19. The van der Waals surface area contributed by atoms with Crippen LogP contribution in [-0.4, -0.2) is 20.5 Å². The predicted octanol–water partition coefficient (Wildman–Crippen LogP) is 4.59. The molecule has 1 amide bonds. The molecule has 0 saturated carbocycles. The Morgan fingerprint density at radius 3 is 2.37 bits per heavy atom. The van der Waals surface area contributed by atoms with Gasteiger partial charge in [0.05, 0.1) is 30.4 Å². The first-order valence-electron chi connectivity index (χ1n) is 9.60. The van der Waals surface area contributed by atoms with Crippen molar-refractivity contribution in [2.75, 3.05) is 0 Å². The lowest BCUT2D eigenvalue weighted by Gasteiger charge is -2.09. The van der Waals surface area contributed by atoms with Crippen LogP contribution >= 0.6 is 0 Å². The van der Waals surface area contributed by atoms with Crippen LogP contribution in [0.3, 0.4) is 0 Å². The van der Waals surface area contributed by atoms with Crippen LogP contribution in [0, 0.1) is 0 Å². The van der Waals surface area contributed by atoms with E-state index in [1.54, 1.807) is 23.0 Å². The summed E-state index contributed by atoms with van der Waals surface area (Å²) in [5.74, 6) is 0.431. The second-order valence-corrected chi connectivity index (χ2v) is 6.81. The van der Waals surface area contributed by atoms with Crippen molar-refractivity contribution in [3.05, 3.63) is 103 Å². The van der Waals surface area contributed by atoms with E-state index < -0.39 is 0 Å². The number of nitrogens with zero attached hydrogens (tertiary/aromatic N) is 3. The van der Waals surface area contributed by atoms with Gasteiger partial charge in [0.15, 0.2) is 5.65 Å². The third kappa shape index (κ3) is 3.35. The number of amides is 1. The van der Waals surface area contributed by atoms with Crippen molar-refractivity contribution >= 4 is 11.6 Å². The molecular formula is C24H18N4O2. The van der Waals surface area contributed by atoms with E-state index in [4.69, 9.17) is 9.40 Å². The number of nitrogens with one attached hydrogen (secondary N) is 1. The lowest BCUT2D eigenvalue weighted by atomic mass is 10.1. The molecule has 5 aromatic rings. The molecule has 6 nitrogen and oxygen atoms in total. The molecule has 30 heavy (non-hydrogen) atoms. The summed E-state index contributed by atoms with van der Waals surface area (Å²) in [4.78, 5) is 17.6. The fourth-order valence-corrected chi connectivity index (χ4v) is 3.37. The molecule has 0 bridgehead atoms. The van der Waals surface area contributed by atoms with E-state index in [0.717, 1.165) is 22.5 Å². The van der Waals surface area contributed by atoms with Crippen molar-refractivity contribution in [3.63, 3.8) is 0 Å². The minimum Gasteiger partial charge on any atom is -0.467 e. The Balaban J connectivity index is 1.62. The largest absolute Gasteiger partial charge is 0.467 e. The fourth-order valence-electron chi connectivity index (χ4n) is 3.37. The minimum absolute atomic E-state index is 0.252. The lowest BCUT2D eigenvalue weighted by molar-refractivity contribution is 0.0949. The van der Waals surface area contributed by atoms with Crippen LogP contribution in [0.1, 0.15) is 16.1 Å². The van der Waals surface area contributed by atoms with Gasteiger partial charge in [-0.2, -0.15) is 5.10 Å². The Kier molecular flexibility index (Phi) is 4.57. The SMILES string of the molecule is O=C(NCc1ccco1)c1cnn2c(-c3ccccc3)cc(-c3ccccc3)nc12. The molecule has 1 N–H and O–H groups in total. The predicted molar refractivity (Wildman–Crippen MR) is 114 cm³/mol. The maximum Gasteiger partial charge on any atom is 0.257 e. The highest BCUT2D eigenvalue weighted by atomic mass is 16.3. The van der Waals surface area contributed by atoms with Gasteiger partial charge < -0.3 is 9.73 Å². The van der Waals surface area contributed by atoms with Crippen molar-refractivity contribution in [3.8, 4) is 22.5 Å². The van der Waals surface area contributed by atoms with Gasteiger partial charge in [-0.3, -0.25) is 4.79 Å². The maximum absolute atomic E-state index is 12.9. The molecule has 3 heterocycles. The second-order valence-electron chi connectivity index (χ2n) is 6.81. The standard InChI is InChI=1S/C24H18N4O2/c29-24(25-15-19-12-7-13-30-19)20-16-26-28-22(18-10-5-2-6-11-18)14-21(27-23(20)28)17-8-3-1-4-9-17/h1-14,16H,15H2,(H,25,29). The van der Waals surface area contributed by atoms with Crippen LogP contribution in [0.2, 0.25) is 0 Å². The molecule has 5 rings (SSSR count). The third-order valence-electron chi connectivity index (χ3n) is 4.86. The quantitative estimate of drug-likeness (QED) is 0.473. The molecule has 0 aliphatic carbocycles. The van der Waals surface area contributed by atoms with E-state index in [2.05, 4.69) is 10.4 Å². The average molecular weight is 394 g/mol. The molecule has 3 aromatic heterocycles. The monoisotopic (exact) mass is 394 g/mol. The molecule has 0 aliphatic rings. The van der Waals surface area contributed by atoms with Crippen molar-refractivity contribution < 1.29 is 9.21 Å². The number of hydrogen-bond donors (Lipinski definition) is 1. The summed E-state index contributed by atoms with van der Waals surface area (Å²) in [6.45, 7) is 0.299. The average Bonchev–Trinajstić information content (AvgIpc) is 3.48. The number of hydrogen-bond acceptors (Lipinski definition) is 4. The highest BCUT2D eigenvalue weighted by Crippen LogP contribution is 2.27. The number of carbonyl (C=O) groups excluding carboxylic acids is 1. The van der Waals surface area contributed by atoms with Gasteiger partial charge in [-0.15, -0.1) is 0 Å². The van der Waals surface area contributed by atoms with Crippen LogP contribution in [0.25, 0.3) is 28.2 Å². The molecule has 0 radical (unpaired) electrons. The van der Waals surface area contributed by atoms with Gasteiger partial charge in [0.25, 0.3) is 5.91 Å². The van der Waals surface area contributed by atoms with Crippen LogP contribution in [0.4, 0.5) is 0 Å². The summed E-state index contributed by atoms with van der Waals surface area (Å²) < 4.78 is 7.00. The minimum atomic E-state index is -0.252. The molecule has 6 heteroatoms. The molecule has 0 saturated heterocycles. The molecule has 0 aliphatic heterocycles. The van der Waals surface area contributed by atoms with Gasteiger partial charge in [0.1, 0.15) is 11.3 Å². The van der Waals surface area contributed by atoms with Gasteiger partial charge in [-0.1, -0.05) is 60.7 Å². The van der Waals surface area contributed by atoms with Gasteiger partial charge >= 0.3 is 0 Å². The molecule has 0 atom stereocenters. The van der Waals surface area contributed by atoms with Crippen molar-refractivity contribution in [2.24, 2.45) is 0 Å². The van der Waals surface area contributed by atoms with E-state index in [9.17, 15) is 4.79 Å². The highest BCUT2D eigenvalue weighted by molar-refractivity contribution is 6.00. The summed E-state index contributed by atoms with van der Waals surface area (Å²) in [5, 5.41) is 7.34. The first kappa shape index (κ1) is 17.9. The first-order valence-corrected chi connectivity index (χ1v) is 9.60. The fraction of sp³-hybridized carbons (Fsp3) is 0.0417. The topological polar surface area (TPSA) is 72.4 Å². The zero-order valence-electron chi connectivity index (χ0n) is 16.0.